The molecule has 1 amide bonds. The van der Waals surface area contributed by atoms with Gasteiger partial charge in [-0.2, -0.15) is 0 Å². The lowest BCUT2D eigenvalue weighted by atomic mass is 10.1. The van der Waals surface area contributed by atoms with E-state index < -0.39 is 0 Å². The monoisotopic (exact) mass is 222 g/mol. The molecular formula is C12H18N2O2. The second kappa shape index (κ2) is 5.51. The largest absolute Gasteiger partial charge is 0.398 e. The topological polar surface area (TPSA) is 66.6 Å². The number of anilines is 1. The van der Waals surface area contributed by atoms with E-state index in [1.54, 1.807) is 17.0 Å². The van der Waals surface area contributed by atoms with Crippen molar-refractivity contribution in [3.8, 4) is 0 Å². The first-order valence-electron chi connectivity index (χ1n) is 5.36. The van der Waals surface area contributed by atoms with Gasteiger partial charge in [0, 0.05) is 24.3 Å². The summed E-state index contributed by atoms with van der Waals surface area (Å²) in [6, 6.07) is 5.26. The third-order valence-corrected chi connectivity index (χ3v) is 2.57. The molecule has 3 N–H and O–H groups in total. The Morgan fingerprint density at radius 3 is 2.69 bits per heavy atom. The summed E-state index contributed by atoms with van der Waals surface area (Å²) in [5.41, 5.74) is 7.90. The molecular weight excluding hydrogens is 204 g/mol. The number of likely N-dealkylation sites (N-methyl/N-ethyl adjacent to an activating group) is 1. The number of rotatable bonds is 4. The Kier molecular flexibility index (Phi) is 4.31. The van der Waals surface area contributed by atoms with Crippen LogP contribution in [0.2, 0.25) is 0 Å². The van der Waals surface area contributed by atoms with Crippen LogP contribution < -0.4 is 5.73 Å². The van der Waals surface area contributed by atoms with Gasteiger partial charge in [-0.3, -0.25) is 4.79 Å². The summed E-state index contributed by atoms with van der Waals surface area (Å²) in [4.78, 5) is 13.6. The Morgan fingerprint density at radius 1 is 1.50 bits per heavy atom. The van der Waals surface area contributed by atoms with E-state index in [9.17, 15) is 4.79 Å². The van der Waals surface area contributed by atoms with Crippen molar-refractivity contribution in [2.24, 2.45) is 0 Å². The molecule has 0 saturated carbocycles. The molecule has 0 atom stereocenters. The average molecular weight is 222 g/mol. The number of nitrogens with two attached hydrogens (primary N) is 1. The van der Waals surface area contributed by atoms with Crippen LogP contribution in [0.15, 0.2) is 18.2 Å². The molecule has 1 rings (SSSR count). The zero-order valence-electron chi connectivity index (χ0n) is 9.73. The van der Waals surface area contributed by atoms with E-state index in [4.69, 9.17) is 10.8 Å². The van der Waals surface area contributed by atoms with Crippen molar-refractivity contribution >= 4 is 11.6 Å². The number of hydrogen-bond acceptors (Lipinski definition) is 3. The minimum Gasteiger partial charge on any atom is -0.398 e. The number of nitrogens with zero attached hydrogens (tertiary/aromatic N) is 1. The highest BCUT2D eigenvalue weighted by Gasteiger charge is 2.13. The zero-order valence-corrected chi connectivity index (χ0v) is 9.73. The molecule has 1 aromatic carbocycles. The van der Waals surface area contributed by atoms with Crippen molar-refractivity contribution in [2.75, 3.05) is 25.4 Å². The number of amides is 1. The molecule has 0 aliphatic carbocycles. The average Bonchev–Trinajstić information content (AvgIpc) is 2.28. The Balaban J connectivity index is 2.90. The Hall–Kier alpha value is -1.55. The summed E-state index contributed by atoms with van der Waals surface area (Å²) in [6.45, 7) is 4.68. The smallest absolute Gasteiger partial charge is 0.253 e. The maximum Gasteiger partial charge on any atom is 0.253 e. The maximum atomic E-state index is 12.0. The summed E-state index contributed by atoms with van der Waals surface area (Å²) in [5, 5.41) is 8.84. The molecule has 4 nitrogen and oxygen atoms in total. The van der Waals surface area contributed by atoms with Gasteiger partial charge in [0.05, 0.1) is 6.61 Å². The van der Waals surface area contributed by atoms with Crippen molar-refractivity contribution in [3.05, 3.63) is 29.3 Å². The summed E-state index contributed by atoms with van der Waals surface area (Å²) < 4.78 is 0. The highest BCUT2D eigenvalue weighted by Crippen LogP contribution is 2.14. The Morgan fingerprint density at radius 2 is 2.19 bits per heavy atom. The molecule has 0 aromatic heterocycles. The van der Waals surface area contributed by atoms with Gasteiger partial charge in [0.25, 0.3) is 5.91 Å². The van der Waals surface area contributed by atoms with Gasteiger partial charge in [-0.25, -0.2) is 0 Å². The van der Waals surface area contributed by atoms with Crippen molar-refractivity contribution < 1.29 is 9.90 Å². The van der Waals surface area contributed by atoms with E-state index in [0.717, 1.165) is 5.56 Å². The lowest BCUT2D eigenvalue weighted by Gasteiger charge is -2.20. The molecule has 0 bridgehead atoms. The van der Waals surface area contributed by atoms with Gasteiger partial charge in [0.1, 0.15) is 0 Å². The van der Waals surface area contributed by atoms with E-state index in [2.05, 4.69) is 0 Å². The molecule has 0 aliphatic rings. The van der Waals surface area contributed by atoms with E-state index in [1.807, 2.05) is 19.9 Å². The van der Waals surface area contributed by atoms with E-state index in [-0.39, 0.29) is 12.5 Å². The number of aryl methyl sites for hydroxylation is 1. The van der Waals surface area contributed by atoms with Crippen molar-refractivity contribution in [1.29, 1.82) is 0 Å². The highest BCUT2D eigenvalue weighted by atomic mass is 16.3. The van der Waals surface area contributed by atoms with Gasteiger partial charge < -0.3 is 15.7 Å². The molecule has 16 heavy (non-hydrogen) atoms. The quantitative estimate of drug-likeness (QED) is 0.748. The fraction of sp³-hybridized carbons (Fsp3) is 0.417. The number of aliphatic hydroxyl groups is 1. The van der Waals surface area contributed by atoms with Gasteiger partial charge in [0.15, 0.2) is 0 Å². The van der Waals surface area contributed by atoms with E-state index >= 15 is 0 Å². The highest BCUT2D eigenvalue weighted by molar-refractivity contribution is 5.95. The van der Waals surface area contributed by atoms with E-state index in [0.29, 0.717) is 24.3 Å². The molecule has 0 heterocycles. The van der Waals surface area contributed by atoms with Crippen LogP contribution in [0.25, 0.3) is 0 Å². The number of hydrogen-bond donors (Lipinski definition) is 2. The molecule has 88 valence electrons. The van der Waals surface area contributed by atoms with Crippen molar-refractivity contribution in [1.82, 2.24) is 4.90 Å². The molecule has 0 unspecified atom stereocenters. The Labute approximate surface area is 95.7 Å². The summed E-state index contributed by atoms with van der Waals surface area (Å²) >= 11 is 0. The number of nitrogen functional groups attached to an aromatic ring is 1. The number of carbonyl (C=O) groups is 1. The fourth-order valence-corrected chi connectivity index (χ4v) is 1.48. The van der Waals surface area contributed by atoms with Crippen molar-refractivity contribution in [3.63, 3.8) is 0 Å². The number of carbonyl (C=O) groups excluding carboxylic acids is 1. The van der Waals surface area contributed by atoms with Crippen LogP contribution in [0, 0.1) is 6.92 Å². The van der Waals surface area contributed by atoms with Crippen molar-refractivity contribution in [2.45, 2.75) is 13.8 Å². The van der Waals surface area contributed by atoms with Gasteiger partial charge >= 0.3 is 0 Å². The third-order valence-electron chi connectivity index (χ3n) is 2.57. The van der Waals surface area contributed by atoms with Crippen LogP contribution in [0.5, 0.6) is 0 Å². The van der Waals surface area contributed by atoms with Crippen LogP contribution in [0.4, 0.5) is 5.69 Å². The van der Waals surface area contributed by atoms with Gasteiger partial charge in [0.2, 0.25) is 0 Å². The number of benzene rings is 1. The molecule has 0 saturated heterocycles. The number of aliphatic hydroxyl groups excluding tert-OH is 1. The van der Waals surface area contributed by atoms with Crippen LogP contribution in [0.3, 0.4) is 0 Å². The summed E-state index contributed by atoms with van der Waals surface area (Å²) in [7, 11) is 0. The minimum absolute atomic E-state index is 0.0269. The van der Waals surface area contributed by atoms with E-state index in [1.165, 1.54) is 0 Å². The molecule has 0 fully saturated rings. The third kappa shape index (κ3) is 2.73. The molecule has 0 radical (unpaired) electrons. The molecule has 0 aliphatic heterocycles. The van der Waals surface area contributed by atoms with Crippen LogP contribution >= 0.6 is 0 Å². The second-order valence-electron chi connectivity index (χ2n) is 3.68. The first-order valence-corrected chi connectivity index (χ1v) is 5.36. The normalized spacial score (nSPS) is 10.2. The standard InChI is InChI=1S/C12H18N2O2/c1-3-14(6-7-15)12(16)10-5-4-9(2)11(13)8-10/h4-5,8,15H,3,6-7,13H2,1-2H3. The maximum absolute atomic E-state index is 12.0. The van der Waals surface area contributed by atoms with Gasteiger partial charge in [-0.05, 0) is 31.5 Å². The van der Waals surface area contributed by atoms with Crippen LogP contribution in [-0.4, -0.2) is 35.6 Å². The first kappa shape index (κ1) is 12.5. The van der Waals surface area contributed by atoms with Crippen LogP contribution in [-0.2, 0) is 0 Å². The predicted molar refractivity (Wildman–Crippen MR) is 64.3 cm³/mol. The van der Waals surface area contributed by atoms with Gasteiger partial charge in [-0.1, -0.05) is 6.07 Å². The predicted octanol–water partition coefficient (Wildman–Crippen LogP) is 1.03. The fourth-order valence-electron chi connectivity index (χ4n) is 1.48. The SMILES string of the molecule is CCN(CCO)C(=O)c1ccc(C)c(N)c1. The lowest BCUT2D eigenvalue weighted by Crippen LogP contribution is -2.33. The Bertz CT molecular complexity index is 377. The minimum atomic E-state index is -0.0942. The lowest BCUT2D eigenvalue weighted by molar-refractivity contribution is 0.0732. The second-order valence-corrected chi connectivity index (χ2v) is 3.68. The summed E-state index contributed by atoms with van der Waals surface area (Å²) in [6.07, 6.45) is 0. The van der Waals surface area contributed by atoms with Crippen LogP contribution in [0.1, 0.15) is 22.8 Å². The molecule has 4 heteroatoms. The zero-order chi connectivity index (χ0) is 12.1. The summed E-state index contributed by atoms with van der Waals surface area (Å²) in [5.74, 6) is -0.0942. The molecule has 1 aromatic rings. The van der Waals surface area contributed by atoms with Gasteiger partial charge in [-0.15, -0.1) is 0 Å². The molecule has 0 spiro atoms. The first-order chi connectivity index (χ1) is 7.60.